The summed E-state index contributed by atoms with van der Waals surface area (Å²) in [6.45, 7) is 9.30. The highest BCUT2D eigenvalue weighted by molar-refractivity contribution is 5.81. The molecule has 0 aromatic rings. The number of hydrogen-bond donors (Lipinski definition) is 1. The van der Waals surface area contributed by atoms with Gasteiger partial charge in [0.25, 0.3) is 0 Å². The molecule has 3 nitrogen and oxygen atoms in total. The predicted molar refractivity (Wildman–Crippen MR) is 62.7 cm³/mol. The van der Waals surface area contributed by atoms with Crippen molar-refractivity contribution < 1.29 is 4.79 Å². The first-order valence-corrected chi connectivity index (χ1v) is 6.17. The minimum Gasteiger partial charge on any atom is -0.355 e. The van der Waals surface area contributed by atoms with Gasteiger partial charge in [0.2, 0.25) is 5.91 Å². The second kappa shape index (κ2) is 6.11. The van der Waals surface area contributed by atoms with E-state index in [1.54, 1.807) is 0 Å². The zero-order chi connectivity index (χ0) is 11.3. The number of hydrogen-bond acceptors (Lipinski definition) is 2. The first-order valence-electron chi connectivity index (χ1n) is 6.17. The molecule has 0 spiro atoms. The molecule has 15 heavy (non-hydrogen) atoms. The lowest BCUT2D eigenvalue weighted by Crippen LogP contribution is -2.48. The van der Waals surface area contributed by atoms with E-state index in [0.29, 0.717) is 0 Å². The molecule has 1 heterocycles. The molecule has 3 heteroatoms. The number of piperidine rings is 1. The Labute approximate surface area is 93.2 Å². The van der Waals surface area contributed by atoms with Crippen molar-refractivity contribution >= 4 is 5.91 Å². The molecule has 1 aliphatic heterocycles. The molecule has 1 aliphatic rings. The highest BCUT2D eigenvalue weighted by Crippen LogP contribution is 2.17. The van der Waals surface area contributed by atoms with Crippen LogP contribution in [0, 0.1) is 5.92 Å². The van der Waals surface area contributed by atoms with E-state index >= 15 is 0 Å². The van der Waals surface area contributed by atoms with Crippen LogP contribution in [0.3, 0.4) is 0 Å². The van der Waals surface area contributed by atoms with Crippen molar-refractivity contribution in [2.75, 3.05) is 19.6 Å². The summed E-state index contributed by atoms with van der Waals surface area (Å²) in [4.78, 5) is 14.1. The van der Waals surface area contributed by atoms with Crippen molar-refractivity contribution in [2.45, 2.75) is 46.1 Å². The zero-order valence-corrected chi connectivity index (χ0v) is 10.3. The summed E-state index contributed by atoms with van der Waals surface area (Å²) in [6, 6.07) is 0.0410. The molecule has 0 bridgehead atoms. The van der Waals surface area contributed by atoms with Crippen LogP contribution in [-0.2, 0) is 4.79 Å². The minimum absolute atomic E-state index is 0.0410. The summed E-state index contributed by atoms with van der Waals surface area (Å²) in [7, 11) is 0. The molecule has 88 valence electrons. The predicted octanol–water partition coefficient (Wildman–Crippen LogP) is 1.63. The molecule has 1 saturated heterocycles. The number of nitrogens with one attached hydrogen (secondary N) is 1. The number of nitrogens with zero attached hydrogens (tertiary/aromatic N) is 1. The number of likely N-dealkylation sites (tertiary alicyclic amines) is 1. The van der Waals surface area contributed by atoms with Gasteiger partial charge in [-0.15, -0.1) is 0 Å². The number of carbonyl (C=O) groups excluding carboxylic acids is 1. The van der Waals surface area contributed by atoms with Crippen LogP contribution in [0.2, 0.25) is 0 Å². The van der Waals surface area contributed by atoms with Crippen molar-refractivity contribution in [3.05, 3.63) is 0 Å². The van der Waals surface area contributed by atoms with E-state index in [9.17, 15) is 4.79 Å². The molecular formula is C12H24N2O. The maximum atomic E-state index is 11.8. The Morgan fingerprint density at radius 2 is 2.33 bits per heavy atom. The quantitative estimate of drug-likeness (QED) is 0.768. The maximum absolute atomic E-state index is 11.8. The van der Waals surface area contributed by atoms with Gasteiger partial charge in [0.1, 0.15) is 0 Å². The van der Waals surface area contributed by atoms with E-state index in [1.807, 2.05) is 6.92 Å². The largest absolute Gasteiger partial charge is 0.355 e. The van der Waals surface area contributed by atoms with E-state index < -0.39 is 0 Å². The molecular weight excluding hydrogens is 188 g/mol. The van der Waals surface area contributed by atoms with E-state index in [-0.39, 0.29) is 11.9 Å². The van der Waals surface area contributed by atoms with Crippen LogP contribution >= 0.6 is 0 Å². The van der Waals surface area contributed by atoms with Crippen LogP contribution in [0.15, 0.2) is 0 Å². The number of amides is 1. The summed E-state index contributed by atoms with van der Waals surface area (Å²) in [6.07, 6.45) is 3.54. The molecule has 0 aliphatic carbocycles. The van der Waals surface area contributed by atoms with Crippen molar-refractivity contribution in [1.29, 1.82) is 0 Å². The Hall–Kier alpha value is -0.570. The summed E-state index contributed by atoms with van der Waals surface area (Å²) >= 11 is 0. The van der Waals surface area contributed by atoms with Crippen LogP contribution in [-0.4, -0.2) is 36.5 Å². The number of carbonyl (C=O) groups is 1. The molecule has 0 aromatic heterocycles. The summed E-state index contributed by atoms with van der Waals surface area (Å²) in [5.74, 6) is 0.922. The average Bonchev–Trinajstić information content (AvgIpc) is 2.24. The fourth-order valence-electron chi connectivity index (χ4n) is 2.14. The first kappa shape index (κ1) is 12.5. The fraction of sp³-hybridized carbons (Fsp3) is 0.917. The highest BCUT2D eigenvalue weighted by atomic mass is 16.2. The van der Waals surface area contributed by atoms with Gasteiger partial charge in [-0.25, -0.2) is 0 Å². The van der Waals surface area contributed by atoms with Crippen molar-refractivity contribution in [3.63, 3.8) is 0 Å². The van der Waals surface area contributed by atoms with E-state index in [1.165, 1.54) is 12.8 Å². The van der Waals surface area contributed by atoms with Crippen molar-refractivity contribution in [1.82, 2.24) is 10.2 Å². The van der Waals surface area contributed by atoms with Crippen LogP contribution in [0.4, 0.5) is 0 Å². The standard InChI is InChI=1S/C12H24N2O/c1-4-7-13-12(15)11(3)14-8-5-6-10(2)9-14/h10-11H,4-9H2,1-3H3,(H,13,15)/t10-,11+/m1/s1. The molecule has 1 fully saturated rings. The Kier molecular flexibility index (Phi) is 5.09. The SMILES string of the molecule is CCCNC(=O)[C@H](C)N1CCC[C@@H](C)C1. The highest BCUT2D eigenvalue weighted by Gasteiger charge is 2.24. The molecule has 2 atom stereocenters. The molecule has 1 rings (SSSR count). The summed E-state index contributed by atoms with van der Waals surface area (Å²) in [5.41, 5.74) is 0. The minimum atomic E-state index is 0.0410. The lowest BCUT2D eigenvalue weighted by Gasteiger charge is -2.34. The Balaban J connectivity index is 2.37. The second-order valence-corrected chi connectivity index (χ2v) is 4.71. The molecule has 0 radical (unpaired) electrons. The van der Waals surface area contributed by atoms with Gasteiger partial charge in [-0.2, -0.15) is 0 Å². The topological polar surface area (TPSA) is 32.3 Å². The van der Waals surface area contributed by atoms with Crippen LogP contribution in [0.5, 0.6) is 0 Å². The summed E-state index contributed by atoms with van der Waals surface area (Å²) < 4.78 is 0. The third kappa shape index (κ3) is 3.82. The van der Waals surface area contributed by atoms with Gasteiger partial charge >= 0.3 is 0 Å². The first-order chi connectivity index (χ1) is 7.15. The molecule has 0 saturated carbocycles. The van der Waals surface area contributed by atoms with Gasteiger partial charge in [0.15, 0.2) is 0 Å². The number of rotatable bonds is 4. The van der Waals surface area contributed by atoms with Gasteiger partial charge in [-0.1, -0.05) is 13.8 Å². The Morgan fingerprint density at radius 3 is 2.93 bits per heavy atom. The monoisotopic (exact) mass is 212 g/mol. The van der Waals surface area contributed by atoms with Crippen molar-refractivity contribution in [2.24, 2.45) is 5.92 Å². The van der Waals surface area contributed by atoms with Crippen LogP contribution < -0.4 is 5.32 Å². The third-order valence-electron chi connectivity index (χ3n) is 3.16. The van der Waals surface area contributed by atoms with E-state index in [0.717, 1.165) is 32.0 Å². The lowest BCUT2D eigenvalue weighted by molar-refractivity contribution is -0.126. The Morgan fingerprint density at radius 1 is 1.60 bits per heavy atom. The zero-order valence-electron chi connectivity index (χ0n) is 10.3. The van der Waals surface area contributed by atoms with Gasteiger partial charge in [-0.05, 0) is 38.6 Å². The molecule has 1 N–H and O–H groups in total. The lowest BCUT2D eigenvalue weighted by atomic mass is 9.99. The molecule has 1 amide bonds. The normalized spacial score (nSPS) is 24.9. The van der Waals surface area contributed by atoms with Gasteiger partial charge in [0.05, 0.1) is 6.04 Å². The average molecular weight is 212 g/mol. The van der Waals surface area contributed by atoms with E-state index in [2.05, 4.69) is 24.1 Å². The fourth-order valence-corrected chi connectivity index (χ4v) is 2.14. The van der Waals surface area contributed by atoms with Crippen molar-refractivity contribution in [3.8, 4) is 0 Å². The Bertz CT molecular complexity index is 206. The smallest absolute Gasteiger partial charge is 0.237 e. The van der Waals surface area contributed by atoms with Gasteiger partial charge < -0.3 is 5.32 Å². The van der Waals surface area contributed by atoms with E-state index in [4.69, 9.17) is 0 Å². The maximum Gasteiger partial charge on any atom is 0.237 e. The van der Waals surface area contributed by atoms with Crippen LogP contribution in [0.25, 0.3) is 0 Å². The van der Waals surface area contributed by atoms with Gasteiger partial charge in [0, 0.05) is 13.1 Å². The van der Waals surface area contributed by atoms with Crippen LogP contribution in [0.1, 0.15) is 40.0 Å². The van der Waals surface area contributed by atoms with Gasteiger partial charge in [-0.3, -0.25) is 9.69 Å². The second-order valence-electron chi connectivity index (χ2n) is 4.71. The third-order valence-corrected chi connectivity index (χ3v) is 3.16. The summed E-state index contributed by atoms with van der Waals surface area (Å²) in [5, 5.41) is 2.96. The molecule has 0 unspecified atom stereocenters. The molecule has 0 aromatic carbocycles.